The van der Waals surface area contributed by atoms with Crippen LogP contribution in [0.2, 0.25) is 0 Å². The van der Waals surface area contributed by atoms with Gasteiger partial charge in [-0.2, -0.15) is 0 Å². The van der Waals surface area contributed by atoms with E-state index in [4.69, 9.17) is 4.42 Å². The van der Waals surface area contributed by atoms with Crippen LogP contribution in [0.3, 0.4) is 0 Å². The van der Waals surface area contributed by atoms with Crippen LogP contribution in [0.1, 0.15) is 38.3 Å². The number of furan rings is 1. The van der Waals surface area contributed by atoms with Crippen LogP contribution in [0.4, 0.5) is 17.1 Å². The van der Waals surface area contributed by atoms with Crippen molar-refractivity contribution < 1.29 is 4.42 Å². The molecule has 0 N–H and O–H groups in total. The van der Waals surface area contributed by atoms with Crippen molar-refractivity contribution >= 4 is 86.9 Å². The van der Waals surface area contributed by atoms with Gasteiger partial charge in [-0.05, 0) is 112 Å². The SMILES string of the molecule is CC1C=CC2=C(C1)C(C)(C)c1ccc(N(c3ccc(-c4ccc5ccc6oc7ccccc7c6c5c4)cc3)c3ccc4c(c3)sc3ccccc34)cc12. The van der Waals surface area contributed by atoms with Crippen LogP contribution in [0, 0.1) is 5.92 Å². The number of benzene rings is 7. The number of anilines is 3. The minimum atomic E-state index is 0.0266. The molecule has 3 heteroatoms. The predicted molar refractivity (Wildman–Crippen MR) is 227 cm³/mol. The van der Waals surface area contributed by atoms with E-state index in [1.54, 1.807) is 5.57 Å². The lowest BCUT2D eigenvalue weighted by atomic mass is 9.76. The Balaban J connectivity index is 1.05. The second kappa shape index (κ2) is 11.3. The maximum Gasteiger partial charge on any atom is 0.136 e. The number of nitrogens with zero attached hydrogens (tertiary/aromatic N) is 1. The van der Waals surface area contributed by atoms with Crippen LogP contribution >= 0.6 is 11.3 Å². The van der Waals surface area contributed by atoms with Crippen molar-refractivity contribution in [2.45, 2.75) is 32.6 Å². The standard InChI is InChI=1S/C50H37NOS/c1-30-12-22-37-42-28-35(21-24-43(42)50(2,3)44(37)26-30)51(36-20-23-39-38-8-5-7-11-47(38)53-48(39)29-36)34-18-15-31(16-19-34)33-14-13-32-17-25-46-49(41(32)27-33)40-9-4-6-10-45(40)52-46/h4-25,27-30H,26H2,1-3H3. The molecule has 0 fully saturated rings. The van der Waals surface area contributed by atoms with Gasteiger partial charge in [0.2, 0.25) is 0 Å². The van der Waals surface area contributed by atoms with Gasteiger partial charge in [-0.15, -0.1) is 11.3 Å². The van der Waals surface area contributed by atoms with E-state index in [1.807, 2.05) is 17.4 Å². The fourth-order valence-corrected chi connectivity index (χ4v) is 10.3. The van der Waals surface area contributed by atoms with Crippen LogP contribution in [0.5, 0.6) is 0 Å². The van der Waals surface area contributed by atoms with E-state index in [-0.39, 0.29) is 5.41 Å². The van der Waals surface area contributed by atoms with E-state index >= 15 is 0 Å². The summed E-state index contributed by atoms with van der Waals surface area (Å²) in [4.78, 5) is 2.44. The molecule has 0 radical (unpaired) electrons. The lowest BCUT2D eigenvalue weighted by molar-refractivity contribution is 0.566. The Morgan fingerprint density at radius 1 is 0.623 bits per heavy atom. The molecule has 0 bridgehead atoms. The highest BCUT2D eigenvalue weighted by Crippen LogP contribution is 2.52. The molecular weight excluding hydrogens is 663 g/mol. The lowest BCUT2D eigenvalue weighted by Crippen LogP contribution is -2.19. The second-order valence-electron chi connectivity index (χ2n) is 15.4. The minimum Gasteiger partial charge on any atom is -0.456 e. The highest BCUT2D eigenvalue weighted by molar-refractivity contribution is 7.25. The maximum absolute atomic E-state index is 6.24. The van der Waals surface area contributed by atoms with Gasteiger partial charge in [0.25, 0.3) is 0 Å². The minimum absolute atomic E-state index is 0.0266. The Kier molecular flexibility index (Phi) is 6.54. The molecule has 2 nitrogen and oxygen atoms in total. The van der Waals surface area contributed by atoms with Crippen molar-refractivity contribution in [1.82, 2.24) is 0 Å². The van der Waals surface area contributed by atoms with Gasteiger partial charge in [0.15, 0.2) is 0 Å². The van der Waals surface area contributed by atoms with Gasteiger partial charge < -0.3 is 9.32 Å². The summed E-state index contributed by atoms with van der Waals surface area (Å²) < 4.78 is 8.86. The molecule has 53 heavy (non-hydrogen) atoms. The molecule has 0 saturated carbocycles. The predicted octanol–water partition coefficient (Wildman–Crippen LogP) is 14.9. The van der Waals surface area contributed by atoms with Crippen molar-refractivity contribution in [2.75, 3.05) is 4.90 Å². The van der Waals surface area contributed by atoms with Crippen molar-refractivity contribution in [3.63, 3.8) is 0 Å². The van der Waals surface area contributed by atoms with E-state index < -0.39 is 0 Å². The molecule has 1 atom stereocenters. The van der Waals surface area contributed by atoms with Gasteiger partial charge in [0, 0.05) is 53.4 Å². The Hall–Kier alpha value is -5.90. The molecule has 9 aromatic rings. The van der Waals surface area contributed by atoms with E-state index in [9.17, 15) is 0 Å². The van der Waals surface area contributed by atoms with Gasteiger partial charge in [-0.3, -0.25) is 0 Å². The third kappa shape index (κ3) is 4.63. The third-order valence-corrected chi connectivity index (χ3v) is 13.0. The first-order valence-electron chi connectivity index (χ1n) is 18.6. The fraction of sp³-hybridized carbons (Fsp3) is 0.120. The van der Waals surface area contributed by atoms with Crippen LogP contribution in [0.25, 0.3) is 69.6 Å². The Morgan fingerprint density at radius 3 is 2.23 bits per heavy atom. The Bertz CT molecular complexity index is 3020. The normalized spacial score (nSPS) is 16.3. The highest BCUT2D eigenvalue weighted by Gasteiger charge is 2.38. The molecule has 2 heterocycles. The van der Waals surface area contributed by atoms with Crippen molar-refractivity contribution in [2.24, 2.45) is 5.92 Å². The summed E-state index contributed by atoms with van der Waals surface area (Å²) in [5.41, 5.74) is 13.5. The zero-order valence-electron chi connectivity index (χ0n) is 30.0. The number of allylic oxidation sites excluding steroid dienone is 4. The lowest BCUT2D eigenvalue weighted by Gasteiger charge is -2.28. The summed E-state index contributed by atoms with van der Waals surface area (Å²) in [6.45, 7) is 7.13. The first kappa shape index (κ1) is 30.7. The topological polar surface area (TPSA) is 16.4 Å². The summed E-state index contributed by atoms with van der Waals surface area (Å²) >= 11 is 1.87. The van der Waals surface area contributed by atoms with Crippen LogP contribution in [0.15, 0.2) is 162 Å². The monoisotopic (exact) mass is 699 g/mol. The molecule has 1 unspecified atom stereocenters. The Labute approximate surface area is 312 Å². The number of hydrogen-bond donors (Lipinski definition) is 0. The second-order valence-corrected chi connectivity index (χ2v) is 16.5. The summed E-state index contributed by atoms with van der Waals surface area (Å²) in [6.07, 6.45) is 5.88. The zero-order valence-corrected chi connectivity index (χ0v) is 30.8. The molecule has 7 aromatic carbocycles. The Morgan fingerprint density at radius 2 is 1.34 bits per heavy atom. The average molecular weight is 700 g/mol. The summed E-state index contributed by atoms with van der Waals surface area (Å²) in [6, 6.07) is 51.4. The number of hydrogen-bond acceptors (Lipinski definition) is 3. The first-order chi connectivity index (χ1) is 25.9. The number of fused-ring (bicyclic) bond motifs is 10. The molecule has 2 aliphatic carbocycles. The van der Waals surface area contributed by atoms with E-state index in [2.05, 4.69) is 171 Å². The molecule has 0 spiro atoms. The highest BCUT2D eigenvalue weighted by atomic mass is 32.1. The number of rotatable bonds is 4. The molecule has 2 aliphatic rings. The molecule has 11 rings (SSSR count). The van der Waals surface area contributed by atoms with Crippen LogP contribution in [-0.2, 0) is 5.41 Å². The van der Waals surface area contributed by atoms with Crippen LogP contribution < -0.4 is 4.90 Å². The van der Waals surface area contributed by atoms with Gasteiger partial charge in [-0.25, -0.2) is 0 Å². The fourth-order valence-electron chi connectivity index (χ4n) is 9.13. The van der Waals surface area contributed by atoms with Crippen LogP contribution in [-0.4, -0.2) is 0 Å². The quantitative estimate of drug-likeness (QED) is 0.182. The molecular formula is C50H37NOS. The molecule has 0 saturated heterocycles. The average Bonchev–Trinajstić information content (AvgIpc) is 3.82. The first-order valence-corrected chi connectivity index (χ1v) is 19.4. The van der Waals surface area contributed by atoms with Gasteiger partial charge in [0.05, 0.1) is 0 Å². The largest absolute Gasteiger partial charge is 0.456 e. The van der Waals surface area contributed by atoms with Crippen molar-refractivity contribution in [3.8, 4) is 11.1 Å². The van der Waals surface area contributed by atoms with E-state index in [0.717, 1.165) is 34.3 Å². The van der Waals surface area contributed by atoms with E-state index in [0.29, 0.717) is 5.92 Å². The molecule has 254 valence electrons. The van der Waals surface area contributed by atoms with Crippen molar-refractivity contribution in [1.29, 1.82) is 0 Å². The van der Waals surface area contributed by atoms with E-state index in [1.165, 1.54) is 69.8 Å². The van der Waals surface area contributed by atoms with Crippen molar-refractivity contribution in [3.05, 3.63) is 168 Å². The zero-order chi connectivity index (χ0) is 35.4. The summed E-state index contributed by atoms with van der Waals surface area (Å²) in [5.74, 6) is 0.567. The summed E-state index contributed by atoms with van der Waals surface area (Å²) in [5, 5.41) is 7.40. The maximum atomic E-state index is 6.24. The van der Waals surface area contributed by atoms with Gasteiger partial charge in [0.1, 0.15) is 11.2 Å². The summed E-state index contributed by atoms with van der Waals surface area (Å²) in [7, 11) is 0. The molecule has 2 aromatic heterocycles. The number of para-hydroxylation sites is 1. The smallest absolute Gasteiger partial charge is 0.136 e. The molecule has 0 aliphatic heterocycles. The molecule has 0 amide bonds. The number of thiophene rings is 1. The third-order valence-electron chi connectivity index (χ3n) is 11.9. The van der Waals surface area contributed by atoms with Gasteiger partial charge >= 0.3 is 0 Å². The van der Waals surface area contributed by atoms with Gasteiger partial charge in [-0.1, -0.05) is 117 Å².